The van der Waals surface area contributed by atoms with Gasteiger partial charge in [0, 0.05) is 34.1 Å². The highest BCUT2D eigenvalue weighted by atomic mass is 32.2. The van der Waals surface area contributed by atoms with E-state index in [-0.39, 0.29) is 10.8 Å². The predicted octanol–water partition coefficient (Wildman–Crippen LogP) is 3.33. The summed E-state index contributed by atoms with van der Waals surface area (Å²) in [6.07, 6.45) is 1.70. The Kier molecular flexibility index (Phi) is 5.44. The van der Waals surface area contributed by atoms with Crippen LogP contribution in [0.4, 0.5) is 0 Å². The van der Waals surface area contributed by atoms with Crippen LogP contribution in [0, 0.1) is 0 Å². The van der Waals surface area contributed by atoms with Crippen LogP contribution in [0.1, 0.15) is 38.6 Å². The quantitative estimate of drug-likeness (QED) is 0.846. The molecule has 2 atom stereocenters. The first-order valence-corrected chi connectivity index (χ1v) is 8.88. The number of nitrogens with one attached hydrogen (secondary N) is 1. The molecule has 0 aromatic carbocycles. The second-order valence-corrected chi connectivity index (χ2v) is 8.76. The maximum absolute atomic E-state index is 12.2. The van der Waals surface area contributed by atoms with Gasteiger partial charge in [-0.2, -0.15) is 4.37 Å². The van der Waals surface area contributed by atoms with Gasteiger partial charge in [0.15, 0.2) is 0 Å². The van der Waals surface area contributed by atoms with Gasteiger partial charge in [0.05, 0.1) is 18.8 Å². The molecule has 0 aliphatic carbocycles. The lowest BCUT2D eigenvalue weighted by Crippen LogP contribution is -2.40. The van der Waals surface area contributed by atoms with Crippen LogP contribution in [0.5, 0.6) is 5.88 Å². The molecule has 0 saturated heterocycles. The first-order valence-electron chi connectivity index (χ1n) is 6.96. The number of methoxy groups -OCH3 is 1. The molecule has 2 aromatic rings. The van der Waals surface area contributed by atoms with Crippen LogP contribution in [0.2, 0.25) is 0 Å². The molecule has 0 aliphatic rings. The Bertz CT molecular complexity index is 625. The second-order valence-electron chi connectivity index (χ2n) is 5.92. The molecule has 1 N–H and O–H groups in total. The van der Waals surface area contributed by atoms with Crippen molar-refractivity contribution in [3.05, 3.63) is 29.3 Å². The predicted molar refractivity (Wildman–Crippen MR) is 91.3 cm³/mol. The van der Waals surface area contributed by atoms with Crippen LogP contribution in [0.3, 0.4) is 0 Å². The van der Waals surface area contributed by atoms with E-state index >= 15 is 0 Å². The fraction of sp³-hybridized carbons (Fsp3) is 0.467. The summed E-state index contributed by atoms with van der Waals surface area (Å²) in [6, 6.07) is 5.74. The Morgan fingerprint density at radius 1 is 1.36 bits per heavy atom. The molecule has 0 radical (unpaired) electrons. The van der Waals surface area contributed by atoms with Crippen molar-refractivity contribution in [2.45, 2.75) is 38.5 Å². The van der Waals surface area contributed by atoms with E-state index in [0.717, 1.165) is 16.1 Å². The van der Waals surface area contributed by atoms with Gasteiger partial charge in [-0.05, 0) is 51.4 Å². The summed E-state index contributed by atoms with van der Waals surface area (Å²) in [7, 11) is 1.59. The Morgan fingerprint density at radius 3 is 2.73 bits per heavy atom. The zero-order chi connectivity index (χ0) is 16.3. The number of nitrogens with zero attached hydrogens (tertiary/aromatic N) is 2. The average molecular weight is 339 g/mol. The molecule has 7 heteroatoms. The minimum Gasteiger partial charge on any atom is -0.598 e. The number of hydrogen-bond donors (Lipinski definition) is 1. The summed E-state index contributed by atoms with van der Waals surface area (Å²) in [4.78, 5) is 5.14. The highest BCUT2D eigenvalue weighted by molar-refractivity contribution is 7.90. The van der Waals surface area contributed by atoms with Crippen LogP contribution in [-0.2, 0) is 11.4 Å². The van der Waals surface area contributed by atoms with E-state index in [2.05, 4.69) is 14.1 Å². The zero-order valence-corrected chi connectivity index (χ0v) is 15.0. The van der Waals surface area contributed by atoms with Crippen LogP contribution >= 0.6 is 11.5 Å². The van der Waals surface area contributed by atoms with Gasteiger partial charge in [0.25, 0.3) is 0 Å². The third kappa shape index (κ3) is 4.19. The van der Waals surface area contributed by atoms with Crippen LogP contribution in [-0.4, -0.2) is 25.8 Å². The summed E-state index contributed by atoms with van der Waals surface area (Å²) in [5.74, 6) is 0.562. The van der Waals surface area contributed by atoms with E-state index < -0.39 is 11.4 Å². The number of rotatable bonds is 5. The molecule has 120 valence electrons. The van der Waals surface area contributed by atoms with Gasteiger partial charge in [-0.1, -0.05) is 0 Å². The normalized spacial score (nSPS) is 14.6. The summed E-state index contributed by atoms with van der Waals surface area (Å²) < 4.78 is 24.6. The van der Waals surface area contributed by atoms with Crippen molar-refractivity contribution in [1.82, 2.24) is 14.1 Å². The van der Waals surface area contributed by atoms with Gasteiger partial charge in [0.2, 0.25) is 5.88 Å². The topological polar surface area (TPSA) is 70.1 Å². The highest BCUT2D eigenvalue weighted by Crippen LogP contribution is 2.28. The lowest BCUT2D eigenvalue weighted by molar-refractivity contribution is 0.398. The molecule has 0 amide bonds. The van der Waals surface area contributed by atoms with Crippen LogP contribution in [0.25, 0.3) is 11.3 Å². The van der Waals surface area contributed by atoms with E-state index in [9.17, 15) is 4.55 Å². The summed E-state index contributed by atoms with van der Waals surface area (Å²) in [5, 5.41) is 0. The molecule has 22 heavy (non-hydrogen) atoms. The zero-order valence-electron chi connectivity index (χ0n) is 13.4. The Labute approximate surface area is 138 Å². The molecular formula is C15H21N3O2S2. The van der Waals surface area contributed by atoms with Crippen molar-refractivity contribution in [2.75, 3.05) is 7.11 Å². The summed E-state index contributed by atoms with van der Waals surface area (Å²) in [6.45, 7) is 7.84. The standard InChI is InChI=1S/C15H21N3O2S2/c1-10(18-22(19)15(2,3)4)13-9-12(17-21-13)11-6-7-16-14(8-11)20-5/h6-10,18H,1-5H3. The first kappa shape index (κ1) is 17.2. The first-order chi connectivity index (χ1) is 10.3. The molecule has 0 saturated carbocycles. The number of pyridine rings is 1. The largest absolute Gasteiger partial charge is 0.598 e. The Balaban J connectivity index is 2.13. The molecule has 0 fully saturated rings. The van der Waals surface area contributed by atoms with E-state index in [1.165, 1.54) is 11.5 Å². The Morgan fingerprint density at radius 2 is 2.09 bits per heavy atom. The van der Waals surface area contributed by atoms with E-state index in [0.29, 0.717) is 5.88 Å². The van der Waals surface area contributed by atoms with E-state index in [1.807, 2.05) is 45.9 Å². The fourth-order valence-corrected chi connectivity index (χ4v) is 3.32. The molecule has 2 rings (SSSR count). The highest BCUT2D eigenvalue weighted by Gasteiger charge is 2.28. The second kappa shape index (κ2) is 6.95. The molecular weight excluding hydrogens is 318 g/mol. The minimum absolute atomic E-state index is 0.0185. The minimum atomic E-state index is -1.11. The van der Waals surface area contributed by atoms with Crippen LogP contribution < -0.4 is 9.46 Å². The molecule has 2 heterocycles. The van der Waals surface area contributed by atoms with Gasteiger partial charge in [-0.3, -0.25) is 0 Å². The molecule has 2 unspecified atom stereocenters. The van der Waals surface area contributed by atoms with Crippen molar-refractivity contribution in [2.24, 2.45) is 0 Å². The molecule has 2 aromatic heterocycles. The maximum atomic E-state index is 12.2. The summed E-state index contributed by atoms with van der Waals surface area (Å²) in [5.41, 5.74) is 1.83. The molecule has 0 aliphatic heterocycles. The van der Waals surface area contributed by atoms with Gasteiger partial charge in [-0.25, -0.2) is 4.98 Å². The third-order valence-electron chi connectivity index (χ3n) is 3.03. The van der Waals surface area contributed by atoms with E-state index in [1.54, 1.807) is 13.3 Å². The van der Waals surface area contributed by atoms with Gasteiger partial charge in [0.1, 0.15) is 4.75 Å². The van der Waals surface area contributed by atoms with Crippen LogP contribution in [0.15, 0.2) is 24.4 Å². The maximum Gasteiger partial charge on any atom is 0.213 e. The fourth-order valence-electron chi connectivity index (χ4n) is 1.71. The van der Waals surface area contributed by atoms with Gasteiger partial charge >= 0.3 is 0 Å². The van der Waals surface area contributed by atoms with Crippen molar-refractivity contribution >= 4 is 22.9 Å². The Hall–Kier alpha value is -1.15. The van der Waals surface area contributed by atoms with E-state index in [4.69, 9.17) is 4.74 Å². The lowest BCUT2D eigenvalue weighted by Gasteiger charge is -2.25. The van der Waals surface area contributed by atoms with Crippen molar-refractivity contribution in [1.29, 1.82) is 0 Å². The SMILES string of the molecule is COc1cc(-c2cc(C(C)N[S+]([O-])C(C)(C)C)sn2)ccn1. The van der Waals surface area contributed by atoms with Gasteiger partial charge < -0.3 is 9.29 Å². The number of hydrogen-bond acceptors (Lipinski definition) is 6. The van der Waals surface area contributed by atoms with Gasteiger partial charge in [-0.15, -0.1) is 4.72 Å². The average Bonchev–Trinajstić information content (AvgIpc) is 2.96. The van der Waals surface area contributed by atoms with Crippen molar-refractivity contribution in [3.8, 4) is 17.1 Å². The van der Waals surface area contributed by atoms with Crippen molar-refractivity contribution < 1.29 is 9.29 Å². The third-order valence-corrected chi connectivity index (χ3v) is 5.69. The molecule has 0 bridgehead atoms. The molecule has 0 spiro atoms. The number of ether oxygens (including phenoxy) is 1. The monoisotopic (exact) mass is 339 g/mol. The number of aromatic nitrogens is 2. The van der Waals surface area contributed by atoms with Crippen molar-refractivity contribution in [3.63, 3.8) is 0 Å². The lowest BCUT2D eigenvalue weighted by atomic mass is 10.1. The smallest absolute Gasteiger partial charge is 0.213 e. The summed E-state index contributed by atoms with van der Waals surface area (Å²) >= 11 is 0.301. The molecule has 5 nitrogen and oxygen atoms in total.